The molecular formula is C49H38ClCrN11O20S4. The Hall–Kier alpha value is -8.87. The van der Waals surface area contributed by atoms with Gasteiger partial charge in [0.25, 0.3) is 21.5 Å². The maximum Gasteiger partial charge on any atom is 0.397 e. The number of non-ortho nitro benzene ring substituents is 2. The number of fused-ring (bicyclic) bond motifs is 3. The number of aromatic nitrogens is 3. The SMILES string of the molecule is CCN(c1cccc(S(=O)(=O)CCOS(=O)(=O)O)c1)c1nc(Cl)nc(Nc2ccc3cc(SOOO)c(N=Nc4cc([N+](=O)[O-])ccc4O)c(O)c3c2)n1.O=[N+]([O-])c1ccc2c(N=Nc3c(O)ccc4ccccc34)c(O)cc(S(=O)(=O)O)c2c1.[Cr]. The summed E-state index contributed by atoms with van der Waals surface area (Å²) in [4.78, 5) is 34.3. The minimum atomic E-state index is -4.83. The summed E-state index contributed by atoms with van der Waals surface area (Å²) in [6.07, 6.45) is 0. The first-order chi connectivity index (χ1) is 40.2. The van der Waals surface area contributed by atoms with Crippen LogP contribution in [0.25, 0.3) is 32.3 Å². The molecule has 446 valence electrons. The molecule has 0 saturated carbocycles. The predicted octanol–water partition coefficient (Wildman–Crippen LogP) is 11.3. The van der Waals surface area contributed by atoms with E-state index >= 15 is 0 Å². The largest absolute Gasteiger partial charge is 0.506 e. The molecule has 0 aliphatic heterocycles. The number of sulfone groups is 1. The average molecular weight is 1320 g/mol. The zero-order valence-electron chi connectivity index (χ0n) is 43.1. The Morgan fingerprint density at radius 3 is 2.02 bits per heavy atom. The summed E-state index contributed by atoms with van der Waals surface area (Å²) in [6.45, 7) is 1.14. The van der Waals surface area contributed by atoms with Gasteiger partial charge in [-0.1, -0.05) is 47.5 Å². The molecule has 8 N–H and O–H groups in total. The van der Waals surface area contributed by atoms with Crippen LogP contribution in [0.1, 0.15) is 6.92 Å². The summed E-state index contributed by atoms with van der Waals surface area (Å²) in [5, 5.41) is 97.1. The normalized spacial score (nSPS) is 11.9. The molecule has 0 bridgehead atoms. The van der Waals surface area contributed by atoms with Crippen LogP contribution in [0, 0.1) is 20.2 Å². The molecule has 8 aromatic carbocycles. The van der Waals surface area contributed by atoms with Gasteiger partial charge in [0, 0.05) is 87.2 Å². The van der Waals surface area contributed by atoms with E-state index in [1.807, 2.05) is 0 Å². The molecule has 0 radical (unpaired) electrons. The van der Waals surface area contributed by atoms with E-state index in [1.54, 1.807) is 55.5 Å². The number of hydrogen-bond donors (Lipinski definition) is 8. The first kappa shape index (κ1) is 64.7. The molecule has 9 aromatic rings. The van der Waals surface area contributed by atoms with Crippen LogP contribution in [0.5, 0.6) is 23.0 Å². The molecule has 0 spiro atoms. The second-order valence-corrected chi connectivity index (χ2v) is 22.8. The van der Waals surface area contributed by atoms with Crippen molar-refractivity contribution in [3.8, 4) is 23.0 Å². The van der Waals surface area contributed by atoms with Gasteiger partial charge in [0.05, 0.1) is 44.0 Å². The molecule has 0 fully saturated rings. The van der Waals surface area contributed by atoms with E-state index in [4.69, 9.17) is 21.4 Å². The van der Waals surface area contributed by atoms with Gasteiger partial charge in [-0.05, 0) is 83.9 Å². The smallest absolute Gasteiger partial charge is 0.397 e. The number of hydrogen-bond acceptors (Lipinski definition) is 28. The van der Waals surface area contributed by atoms with Crippen LogP contribution in [0.15, 0.2) is 163 Å². The van der Waals surface area contributed by atoms with Crippen molar-refractivity contribution in [1.29, 1.82) is 0 Å². The molecule has 86 heavy (non-hydrogen) atoms. The van der Waals surface area contributed by atoms with E-state index in [9.17, 15) is 70.5 Å². The van der Waals surface area contributed by atoms with Crippen LogP contribution in [-0.4, -0.2) is 104 Å². The van der Waals surface area contributed by atoms with Gasteiger partial charge in [-0.2, -0.15) is 31.8 Å². The van der Waals surface area contributed by atoms with E-state index in [0.717, 1.165) is 41.8 Å². The number of anilines is 4. The Kier molecular flexibility index (Phi) is 20.3. The van der Waals surface area contributed by atoms with Gasteiger partial charge < -0.3 is 30.6 Å². The van der Waals surface area contributed by atoms with Gasteiger partial charge in [0.15, 0.2) is 15.6 Å². The monoisotopic (exact) mass is 1320 g/mol. The van der Waals surface area contributed by atoms with Crippen molar-refractivity contribution < 1.29 is 101 Å². The van der Waals surface area contributed by atoms with E-state index in [-0.39, 0.29) is 101 Å². The van der Waals surface area contributed by atoms with Gasteiger partial charge in [-0.15, -0.1) is 24.8 Å². The Balaban J connectivity index is 0.000000280. The number of nitro groups is 2. The standard InChI is InChI=1S/C29H25ClN8O13S3.C20H13N3O7S.Cr/c1-2-37(18-4-3-5-20(14-18)53(44,45)11-10-49-54(46,47)48)29-33-27(30)32-28(34-29)31-17-7-6-16-12-24(52-51-50-43)25(26(40)21(16)13-17)36-35-22-15-19(38(41)42)8-9-23(22)39;24-16-8-5-11-3-1-2-4-13(11)19(16)21-22-20-14-7-6-12(23(26)27)9-15(14)18(10-17(20)25)31(28,29)30;/h3-9,12-15,39-40,43H,2,10-11H2,1H3,(H,46,47,48)(H,31,32,33,34);1-10,24-25H,(H,28,29,30);. The first-order valence-corrected chi connectivity index (χ1v) is 29.1. The predicted molar refractivity (Wildman–Crippen MR) is 304 cm³/mol. The molecule has 1 heterocycles. The number of benzene rings is 8. The Labute approximate surface area is 503 Å². The van der Waals surface area contributed by atoms with Crippen LogP contribution in [0.3, 0.4) is 0 Å². The van der Waals surface area contributed by atoms with Crippen LogP contribution in [-0.2, 0) is 61.3 Å². The molecular weight excluding hydrogens is 1280 g/mol. The Morgan fingerprint density at radius 1 is 0.674 bits per heavy atom. The summed E-state index contributed by atoms with van der Waals surface area (Å²) >= 11 is 6.71. The third-order valence-electron chi connectivity index (χ3n) is 11.8. The minimum absolute atomic E-state index is 0. The van der Waals surface area contributed by atoms with Crippen molar-refractivity contribution in [3.05, 3.63) is 153 Å². The first-order valence-electron chi connectivity index (χ1n) is 23.5. The zero-order valence-corrected chi connectivity index (χ0v) is 48.4. The fourth-order valence-corrected chi connectivity index (χ4v) is 10.9. The fourth-order valence-electron chi connectivity index (χ4n) is 7.97. The number of rotatable bonds is 20. The summed E-state index contributed by atoms with van der Waals surface area (Å²) in [5.74, 6) is -2.48. The van der Waals surface area contributed by atoms with Gasteiger partial charge in [0.2, 0.25) is 17.2 Å². The van der Waals surface area contributed by atoms with E-state index in [2.05, 4.69) is 54.3 Å². The number of halogens is 1. The number of phenols is 4. The molecule has 0 saturated heterocycles. The second kappa shape index (κ2) is 27.0. The van der Waals surface area contributed by atoms with Gasteiger partial charge in [-0.25, -0.2) is 17.9 Å². The van der Waals surface area contributed by atoms with E-state index < -0.39 is 80.4 Å². The number of aromatic hydroxyl groups is 4. The molecule has 0 aliphatic carbocycles. The van der Waals surface area contributed by atoms with Crippen molar-refractivity contribution in [2.24, 2.45) is 20.5 Å². The van der Waals surface area contributed by atoms with Gasteiger partial charge in [-0.3, -0.25) is 29.3 Å². The topological polar surface area (TPSA) is 461 Å². The molecule has 0 atom stereocenters. The summed E-state index contributed by atoms with van der Waals surface area (Å²) in [6, 6.07) is 29.1. The molecule has 0 aliphatic rings. The van der Waals surface area contributed by atoms with Crippen LogP contribution in [0.4, 0.5) is 57.4 Å². The molecule has 31 nitrogen and oxygen atoms in total. The van der Waals surface area contributed by atoms with Crippen molar-refractivity contribution in [2.45, 2.75) is 21.6 Å². The van der Waals surface area contributed by atoms with Gasteiger partial charge >= 0.3 is 10.4 Å². The molecule has 1 aromatic heterocycles. The van der Waals surface area contributed by atoms with Crippen molar-refractivity contribution in [1.82, 2.24) is 15.0 Å². The van der Waals surface area contributed by atoms with Crippen LogP contribution < -0.4 is 10.2 Å². The maximum absolute atomic E-state index is 12.9. The Morgan fingerprint density at radius 2 is 1.34 bits per heavy atom. The minimum Gasteiger partial charge on any atom is -0.506 e. The average Bonchev–Trinajstić information content (AvgIpc) is 0.894. The number of nitrogens with one attached hydrogen (secondary N) is 1. The maximum atomic E-state index is 12.9. The van der Waals surface area contributed by atoms with Crippen LogP contribution in [0.2, 0.25) is 5.28 Å². The second-order valence-electron chi connectivity index (χ2n) is 17.1. The number of nitrogens with zero attached hydrogens (tertiary/aromatic N) is 10. The van der Waals surface area contributed by atoms with E-state index in [1.165, 1.54) is 47.4 Å². The fraction of sp³-hybridized carbons (Fsp3) is 0.0816. The number of phenolic OH excluding ortho intramolecular Hbond substituents is 4. The third-order valence-corrected chi connectivity index (χ3v) is 15.6. The quantitative estimate of drug-likeness (QED) is 0.00877. The molecule has 0 unspecified atom stereocenters. The molecule has 9 rings (SSSR count). The van der Waals surface area contributed by atoms with E-state index in [0.29, 0.717) is 34.2 Å². The van der Waals surface area contributed by atoms with Gasteiger partial charge in [0.1, 0.15) is 44.9 Å². The van der Waals surface area contributed by atoms with Crippen LogP contribution >= 0.6 is 23.6 Å². The molecule has 0 amide bonds. The molecule has 37 heteroatoms. The zero-order chi connectivity index (χ0) is 61.5. The Bertz CT molecular complexity index is 4560. The number of nitro benzene ring substituents is 2. The van der Waals surface area contributed by atoms with Crippen molar-refractivity contribution in [2.75, 3.05) is 29.1 Å². The summed E-state index contributed by atoms with van der Waals surface area (Å²) < 4.78 is 97.8. The number of azo groups is 2. The summed E-state index contributed by atoms with van der Waals surface area (Å²) in [5.41, 5.74) is -0.734. The van der Waals surface area contributed by atoms with Crippen molar-refractivity contribution in [3.63, 3.8) is 0 Å². The van der Waals surface area contributed by atoms with Crippen molar-refractivity contribution >= 4 is 144 Å². The summed E-state index contributed by atoms with van der Waals surface area (Å²) in [7, 11) is -13.7. The third kappa shape index (κ3) is 15.3.